The molecule has 0 saturated heterocycles. The van der Waals surface area contributed by atoms with Crippen LogP contribution in [0, 0.1) is 0 Å². The van der Waals surface area contributed by atoms with Crippen LogP contribution in [-0.2, 0) is 9.53 Å². The lowest BCUT2D eigenvalue weighted by molar-refractivity contribution is -0.171. The van der Waals surface area contributed by atoms with Gasteiger partial charge in [-0.15, -0.1) is 11.8 Å². The molecule has 0 saturated carbocycles. The Morgan fingerprint density at radius 3 is 1.83 bits per heavy atom. The number of hydrogen-bond donors (Lipinski definition) is 0. The van der Waals surface area contributed by atoms with Gasteiger partial charge >= 0.3 is 5.97 Å². The van der Waals surface area contributed by atoms with Crippen molar-refractivity contribution in [1.82, 2.24) is 0 Å². The number of allylic oxidation sites excluding steroid dienone is 1. The van der Waals surface area contributed by atoms with E-state index in [1.54, 1.807) is 31.7 Å². The van der Waals surface area contributed by atoms with Crippen LogP contribution in [0.2, 0.25) is 0 Å². The van der Waals surface area contributed by atoms with E-state index in [2.05, 4.69) is 27.7 Å². The number of benzene rings is 2. The summed E-state index contributed by atoms with van der Waals surface area (Å²) in [6, 6.07) is 11.7. The zero-order valence-corrected chi connectivity index (χ0v) is 23.6. The van der Waals surface area contributed by atoms with Crippen molar-refractivity contribution in [3.8, 4) is 5.75 Å². The highest BCUT2D eigenvalue weighted by molar-refractivity contribution is 7.98. The van der Waals surface area contributed by atoms with Crippen molar-refractivity contribution in [2.45, 2.75) is 90.2 Å². The fourth-order valence-corrected chi connectivity index (χ4v) is 3.90. The third-order valence-corrected chi connectivity index (χ3v) is 6.21. The second kappa shape index (κ2) is 11.5. The number of ketones is 1. The van der Waals surface area contributed by atoms with E-state index in [4.69, 9.17) is 9.47 Å². The molecule has 0 aliphatic carbocycles. The molecule has 0 aliphatic heterocycles. The molecule has 35 heavy (non-hydrogen) atoms. The summed E-state index contributed by atoms with van der Waals surface area (Å²) >= 11 is 1.65. The van der Waals surface area contributed by atoms with Gasteiger partial charge in [-0.1, -0.05) is 33.8 Å². The lowest BCUT2D eigenvalue weighted by Crippen LogP contribution is -2.43. The average molecular weight is 497 g/mol. The lowest BCUT2D eigenvalue weighted by Gasteiger charge is -2.32. The van der Waals surface area contributed by atoms with Crippen LogP contribution in [0.25, 0.3) is 6.08 Å². The van der Waals surface area contributed by atoms with Gasteiger partial charge in [-0.2, -0.15) is 0 Å². The Hall–Kier alpha value is -2.53. The van der Waals surface area contributed by atoms with Crippen molar-refractivity contribution >= 4 is 29.6 Å². The fraction of sp³-hybridized carbons (Fsp3) is 0.467. The van der Waals surface area contributed by atoms with Crippen LogP contribution < -0.4 is 4.74 Å². The highest BCUT2D eigenvalue weighted by Crippen LogP contribution is 2.38. The highest BCUT2D eigenvalue weighted by Gasteiger charge is 2.36. The topological polar surface area (TPSA) is 52.6 Å². The zero-order valence-electron chi connectivity index (χ0n) is 22.8. The van der Waals surface area contributed by atoms with Crippen LogP contribution in [0.15, 0.2) is 47.4 Å². The second-order valence-corrected chi connectivity index (χ2v) is 11.8. The van der Waals surface area contributed by atoms with Gasteiger partial charge in [-0.05, 0) is 112 Å². The van der Waals surface area contributed by atoms with E-state index < -0.39 is 17.2 Å². The van der Waals surface area contributed by atoms with Crippen LogP contribution in [-0.4, -0.2) is 29.2 Å². The van der Waals surface area contributed by atoms with Gasteiger partial charge in [0.15, 0.2) is 11.4 Å². The Morgan fingerprint density at radius 2 is 1.40 bits per heavy atom. The highest BCUT2D eigenvalue weighted by atomic mass is 32.2. The molecular weight excluding hydrogens is 456 g/mol. The van der Waals surface area contributed by atoms with Gasteiger partial charge in [-0.3, -0.25) is 4.79 Å². The molecule has 0 amide bonds. The molecule has 0 aromatic heterocycles. The van der Waals surface area contributed by atoms with Crippen molar-refractivity contribution in [1.29, 1.82) is 0 Å². The van der Waals surface area contributed by atoms with Crippen molar-refractivity contribution in [2.24, 2.45) is 0 Å². The summed E-state index contributed by atoms with van der Waals surface area (Å²) in [5.74, 6) is 0.569. The Labute approximate surface area is 215 Å². The molecule has 2 aromatic rings. The summed E-state index contributed by atoms with van der Waals surface area (Å²) in [6.07, 6.45) is 5.48. The first-order valence-electron chi connectivity index (χ1n) is 12.1. The SMILES string of the molecule is CSc1ccc(C(=O)C=Cc2cc(C(C)C)c(OC(C)(C)C(=O)OC(C)(C)C)c(C(C)C)c2)cc1. The molecular formula is C30H40O4S. The number of carbonyl (C=O) groups excluding carboxylic acids is 2. The number of rotatable bonds is 9. The Bertz CT molecular complexity index is 1040. The molecule has 0 aliphatic rings. The summed E-state index contributed by atoms with van der Waals surface area (Å²) in [5, 5.41) is 0. The van der Waals surface area contributed by atoms with Crippen molar-refractivity contribution in [2.75, 3.05) is 6.26 Å². The molecule has 0 bridgehead atoms. The van der Waals surface area contributed by atoms with E-state index in [1.807, 2.05) is 69.5 Å². The molecule has 2 aromatic carbocycles. The van der Waals surface area contributed by atoms with Gasteiger partial charge in [0.05, 0.1) is 0 Å². The molecule has 0 fully saturated rings. The largest absolute Gasteiger partial charge is 0.476 e. The molecule has 5 heteroatoms. The van der Waals surface area contributed by atoms with Gasteiger partial charge in [0.1, 0.15) is 11.4 Å². The average Bonchev–Trinajstić information content (AvgIpc) is 2.76. The van der Waals surface area contributed by atoms with Crippen LogP contribution in [0.4, 0.5) is 0 Å². The second-order valence-electron chi connectivity index (χ2n) is 10.9. The molecule has 190 valence electrons. The summed E-state index contributed by atoms with van der Waals surface area (Å²) < 4.78 is 12.0. The van der Waals surface area contributed by atoms with Gasteiger partial charge in [0.25, 0.3) is 0 Å². The quantitative estimate of drug-likeness (QED) is 0.152. The molecule has 0 radical (unpaired) electrons. The predicted octanol–water partition coefficient (Wildman–Crippen LogP) is 8.05. The number of ether oxygens (including phenoxy) is 2. The number of esters is 1. The van der Waals surface area contributed by atoms with Gasteiger partial charge in [0.2, 0.25) is 0 Å². The number of thioether (sulfide) groups is 1. The fourth-order valence-electron chi connectivity index (χ4n) is 3.49. The van der Waals surface area contributed by atoms with Crippen LogP contribution >= 0.6 is 11.8 Å². The normalized spacial score (nSPS) is 12.5. The Balaban J connectivity index is 2.44. The van der Waals surface area contributed by atoms with Gasteiger partial charge in [0, 0.05) is 10.5 Å². The van der Waals surface area contributed by atoms with E-state index in [1.165, 1.54) is 0 Å². The van der Waals surface area contributed by atoms with Crippen LogP contribution in [0.5, 0.6) is 5.75 Å². The minimum absolute atomic E-state index is 0.0405. The standard InChI is InChI=1S/C30H40O4S/c1-19(2)24-17-21(11-16-26(31)22-12-14-23(35-10)15-13-22)18-25(20(3)4)27(24)33-30(8,9)28(32)34-29(5,6)7/h11-20H,1-10H3. The lowest BCUT2D eigenvalue weighted by atomic mass is 9.90. The molecule has 0 atom stereocenters. The van der Waals surface area contributed by atoms with E-state index in [-0.39, 0.29) is 17.6 Å². The number of carbonyl (C=O) groups is 2. The Kier molecular flexibility index (Phi) is 9.41. The third-order valence-electron chi connectivity index (χ3n) is 5.46. The first-order chi connectivity index (χ1) is 16.1. The first-order valence-corrected chi connectivity index (χ1v) is 13.3. The van der Waals surface area contributed by atoms with Gasteiger partial charge in [-0.25, -0.2) is 4.79 Å². The molecule has 0 N–H and O–H groups in total. The molecule has 0 unspecified atom stereocenters. The van der Waals surface area contributed by atoms with E-state index in [9.17, 15) is 9.59 Å². The molecule has 4 nitrogen and oxygen atoms in total. The molecule has 0 spiro atoms. The molecule has 2 rings (SSSR count). The monoisotopic (exact) mass is 496 g/mol. The maximum absolute atomic E-state index is 12.9. The third kappa shape index (κ3) is 7.99. The minimum Gasteiger partial charge on any atom is -0.476 e. The van der Waals surface area contributed by atoms with E-state index in [0.29, 0.717) is 11.3 Å². The number of hydrogen-bond acceptors (Lipinski definition) is 5. The summed E-state index contributed by atoms with van der Waals surface area (Å²) in [7, 11) is 0. The van der Waals surface area contributed by atoms with E-state index in [0.717, 1.165) is 21.6 Å². The molecule has 0 heterocycles. The summed E-state index contributed by atoms with van der Waals surface area (Å²) in [4.78, 5) is 26.7. The van der Waals surface area contributed by atoms with Crippen molar-refractivity contribution in [3.05, 3.63) is 64.7 Å². The smallest absolute Gasteiger partial charge is 0.350 e. The van der Waals surface area contributed by atoms with Crippen molar-refractivity contribution in [3.63, 3.8) is 0 Å². The Morgan fingerprint density at radius 1 is 0.886 bits per heavy atom. The first kappa shape index (κ1) is 28.7. The van der Waals surface area contributed by atoms with Crippen LogP contribution in [0.3, 0.4) is 0 Å². The predicted molar refractivity (Wildman–Crippen MR) is 147 cm³/mol. The van der Waals surface area contributed by atoms with Crippen LogP contribution in [0.1, 0.15) is 101 Å². The maximum atomic E-state index is 12.9. The summed E-state index contributed by atoms with van der Waals surface area (Å²) in [5.41, 5.74) is 1.81. The van der Waals surface area contributed by atoms with E-state index >= 15 is 0 Å². The zero-order chi connectivity index (χ0) is 26.6. The van der Waals surface area contributed by atoms with Gasteiger partial charge < -0.3 is 9.47 Å². The summed E-state index contributed by atoms with van der Waals surface area (Å²) in [6.45, 7) is 17.4. The van der Waals surface area contributed by atoms with Crippen molar-refractivity contribution < 1.29 is 19.1 Å². The maximum Gasteiger partial charge on any atom is 0.350 e. The minimum atomic E-state index is -1.16.